The summed E-state index contributed by atoms with van der Waals surface area (Å²) in [6, 6.07) is 11.3. The third-order valence-corrected chi connectivity index (χ3v) is 3.45. The summed E-state index contributed by atoms with van der Waals surface area (Å²) in [5.41, 5.74) is 3.77. The first-order valence-corrected chi connectivity index (χ1v) is 7.90. The molecule has 8 nitrogen and oxygen atoms in total. The Labute approximate surface area is 153 Å². The molecule has 0 saturated heterocycles. The number of ether oxygens (including phenoxy) is 2. The van der Waals surface area contributed by atoms with Crippen LogP contribution in [0.3, 0.4) is 0 Å². The molecular weight excluding hydrogens is 353 g/mol. The number of nitrogens with one attached hydrogen (secondary N) is 2. The fraction of sp³-hybridized carbons (Fsp3) is 0.111. The number of hydrogen-bond acceptors (Lipinski definition) is 7. The minimum Gasteiger partial charge on any atom is -0.493 e. The molecule has 2 aromatic carbocycles. The van der Waals surface area contributed by atoms with Gasteiger partial charge in [0.15, 0.2) is 11.5 Å². The van der Waals surface area contributed by atoms with Crippen LogP contribution in [0.5, 0.6) is 11.5 Å². The highest BCUT2D eigenvalue weighted by molar-refractivity contribution is 5.81. The van der Waals surface area contributed by atoms with Crippen LogP contribution in [0.2, 0.25) is 0 Å². The molecule has 1 aromatic heterocycles. The van der Waals surface area contributed by atoms with Gasteiger partial charge in [0.1, 0.15) is 18.6 Å². The molecule has 138 valence electrons. The van der Waals surface area contributed by atoms with Crippen molar-refractivity contribution in [2.24, 2.45) is 5.10 Å². The number of aromatic nitrogens is 3. The van der Waals surface area contributed by atoms with Gasteiger partial charge in [0, 0.05) is 0 Å². The van der Waals surface area contributed by atoms with E-state index in [2.05, 4.69) is 25.7 Å². The molecule has 0 aliphatic carbocycles. The van der Waals surface area contributed by atoms with Gasteiger partial charge in [-0.1, -0.05) is 12.1 Å². The summed E-state index contributed by atoms with van der Waals surface area (Å²) in [6.07, 6.45) is 2.59. The Balaban J connectivity index is 1.65. The Morgan fingerprint density at radius 3 is 2.78 bits per heavy atom. The molecule has 9 heteroatoms. The van der Waals surface area contributed by atoms with Crippen LogP contribution in [0.4, 0.5) is 10.3 Å². The lowest BCUT2D eigenvalue weighted by molar-refractivity contribution is 0.284. The van der Waals surface area contributed by atoms with E-state index in [9.17, 15) is 9.18 Å². The van der Waals surface area contributed by atoms with Gasteiger partial charge >= 0.3 is 0 Å². The zero-order valence-electron chi connectivity index (χ0n) is 14.3. The molecule has 0 aliphatic rings. The number of aromatic amines is 1. The van der Waals surface area contributed by atoms with Gasteiger partial charge in [0.2, 0.25) is 5.95 Å². The molecule has 3 rings (SSSR count). The second-order valence-electron chi connectivity index (χ2n) is 5.38. The molecule has 0 saturated carbocycles. The highest BCUT2D eigenvalue weighted by atomic mass is 19.1. The van der Waals surface area contributed by atoms with Gasteiger partial charge in [-0.25, -0.2) is 9.82 Å². The number of anilines is 1. The van der Waals surface area contributed by atoms with Gasteiger partial charge in [0.05, 0.1) is 13.3 Å². The van der Waals surface area contributed by atoms with Crippen LogP contribution in [0.15, 0.2) is 58.6 Å². The molecule has 1 heterocycles. The maximum atomic E-state index is 12.9. The second-order valence-corrected chi connectivity index (χ2v) is 5.38. The first-order chi connectivity index (χ1) is 13.1. The number of methoxy groups -OCH3 is 1. The largest absolute Gasteiger partial charge is 0.493 e. The maximum absolute atomic E-state index is 12.9. The highest BCUT2D eigenvalue weighted by Gasteiger charge is 2.06. The van der Waals surface area contributed by atoms with Gasteiger partial charge in [-0.3, -0.25) is 9.78 Å². The molecule has 0 aliphatic heterocycles. The molecule has 2 N–H and O–H groups in total. The first-order valence-electron chi connectivity index (χ1n) is 7.90. The first kappa shape index (κ1) is 18.1. The number of benzene rings is 2. The third kappa shape index (κ3) is 5.11. The lowest BCUT2D eigenvalue weighted by Crippen LogP contribution is -2.10. The minimum atomic E-state index is -0.382. The van der Waals surface area contributed by atoms with Crippen LogP contribution in [0, 0.1) is 5.82 Å². The molecule has 27 heavy (non-hydrogen) atoms. The van der Waals surface area contributed by atoms with Crippen LogP contribution < -0.4 is 20.5 Å². The fourth-order valence-corrected chi connectivity index (χ4v) is 2.16. The minimum absolute atomic E-state index is 0.130. The third-order valence-electron chi connectivity index (χ3n) is 3.45. The van der Waals surface area contributed by atoms with E-state index in [1.165, 1.54) is 25.5 Å². The van der Waals surface area contributed by atoms with Gasteiger partial charge in [-0.15, -0.1) is 10.2 Å². The van der Waals surface area contributed by atoms with Crippen molar-refractivity contribution in [3.63, 3.8) is 0 Å². The standard InChI is InChI=1S/C18H16FN5O3/c1-26-16-8-13(9-20-23-18-22-17(25)10-21-24-18)4-7-15(16)27-11-12-2-5-14(19)6-3-12/h2-10H,11H2,1H3,(H2,22,23,24,25)/b20-9+. The average Bonchev–Trinajstić information content (AvgIpc) is 2.68. The number of H-pyrrole nitrogens is 1. The highest BCUT2D eigenvalue weighted by Crippen LogP contribution is 2.28. The number of hydrogen-bond donors (Lipinski definition) is 2. The van der Waals surface area contributed by atoms with Crippen LogP contribution >= 0.6 is 0 Å². The summed E-state index contributed by atoms with van der Waals surface area (Å²) in [5, 5.41) is 11.2. The summed E-state index contributed by atoms with van der Waals surface area (Å²) in [4.78, 5) is 13.6. The molecule has 0 amide bonds. The predicted molar refractivity (Wildman–Crippen MR) is 97.6 cm³/mol. The molecular formula is C18H16FN5O3. The summed E-state index contributed by atoms with van der Waals surface area (Å²) < 4.78 is 24.0. The van der Waals surface area contributed by atoms with Crippen LogP contribution in [-0.4, -0.2) is 28.5 Å². The Hall–Kier alpha value is -3.75. The summed E-state index contributed by atoms with van der Waals surface area (Å²) in [7, 11) is 1.53. The summed E-state index contributed by atoms with van der Waals surface area (Å²) >= 11 is 0. The normalized spacial score (nSPS) is 10.7. The van der Waals surface area contributed by atoms with E-state index >= 15 is 0 Å². The summed E-state index contributed by atoms with van der Waals surface area (Å²) in [6.45, 7) is 0.283. The predicted octanol–water partition coefficient (Wildman–Crippen LogP) is 2.34. The fourth-order valence-electron chi connectivity index (χ4n) is 2.16. The zero-order chi connectivity index (χ0) is 19.1. The second kappa shape index (κ2) is 8.56. The van der Waals surface area contributed by atoms with E-state index in [1.807, 2.05) is 0 Å². The van der Waals surface area contributed by atoms with E-state index in [1.54, 1.807) is 30.3 Å². The molecule has 0 unspecified atom stereocenters. The molecule has 0 atom stereocenters. The van der Waals surface area contributed by atoms with Crippen molar-refractivity contribution < 1.29 is 13.9 Å². The average molecular weight is 369 g/mol. The van der Waals surface area contributed by atoms with E-state index in [0.717, 1.165) is 17.3 Å². The van der Waals surface area contributed by atoms with Gasteiger partial charge in [-0.2, -0.15) is 5.10 Å². The molecule has 0 bridgehead atoms. The lowest BCUT2D eigenvalue weighted by Gasteiger charge is -2.11. The Kier molecular flexibility index (Phi) is 5.73. The van der Waals surface area contributed by atoms with Crippen molar-refractivity contribution in [1.82, 2.24) is 15.2 Å². The van der Waals surface area contributed by atoms with Crippen LogP contribution in [-0.2, 0) is 6.61 Å². The number of halogens is 1. The Bertz CT molecular complexity index is 989. The van der Waals surface area contributed by atoms with Crippen LogP contribution in [0.25, 0.3) is 0 Å². The summed E-state index contributed by atoms with van der Waals surface area (Å²) in [5.74, 6) is 0.906. The van der Waals surface area contributed by atoms with Crippen molar-refractivity contribution in [2.45, 2.75) is 6.61 Å². The van der Waals surface area contributed by atoms with Gasteiger partial charge < -0.3 is 9.47 Å². The Morgan fingerprint density at radius 1 is 1.22 bits per heavy atom. The molecule has 3 aromatic rings. The van der Waals surface area contributed by atoms with Crippen LogP contribution in [0.1, 0.15) is 11.1 Å². The number of nitrogens with zero attached hydrogens (tertiary/aromatic N) is 3. The maximum Gasteiger partial charge on any atom is 0.271 e. The molecule has 0 spiro atoms. The smallest absolute Gasteiger partial charge is 0.271 e. The van der Waals surface area contributed by atoms with Crippen molar-refractivity contribution in [2.75, 3.05) is 12.5 Å². The number of hydrazone groups is 1. The van der Waals surface area contributed by atoms with Crippen molar-refractivity contribution in [3.8, 4) is 11.5 Å². The number of rotatable bonds is 7. The van der Waals surface area contributed by atoms with E-state index in [4.69, 9.17) is 9.47 Å². The molecule has 0 radical (unpaired) electrons. The van der Waals surface area contributed by atoms with Gasteiger partial charge in [-0.05, 0) is 41.5 Å². The Morgan fingerprint density at radius 2 is 2.04 bits per heavy atom. The van der Waals surface area contributed by atoms with E-state index < -0.39 is 0 Å². The van der Waals surface area contributed by atoms with E-state index in [-0.39, 0.29) is 23.9 Å². The SMILES string of the molecule is COc1cc(/C=N/Nc2nncc(=O)[nH]2)ccc1OCc1ccc(F)cc1. The van der Waals surface area contributed by atoms with E-state index in [0.29, 0.717) is 11.5 Å². The van der Waals surface area contributed by atoms with Gasteiger partial charge in [0.25, 0.3) is 5.56 Å². The zero-order valence-corrected chi connectivity index (χ0v) is 14.3. The van der Waals surface area contributed by atoms with Crippen molar-refractivity contribution >= 4 is 12.2 Å². The topological polar surface area (TPSA) is 101 Å². The monoisotopic (exact) mass is 369 g/mol. The van der Waals surface area contributed by atoms with Crippen molar-refractivity contribution in [1.29, 1.82) is 0 Å². The quantitative estimate of drug-likeness (QED) is 0.490. The lowest BCUT2D eigenvalue weighted by atomic mass is 10.2. The van der Waals surface area contributed by atoms with Crippen molar-refractivity contribution in [3.05, 3.63) is 76.0 Å². The molecule has 0 fully saturated rings.